The maximum absolute atomic E-state index is 15.5. The molecule has 0 fully saturated rings. The lowest BCUT2D eigenvalue weighted by molar-refractivity contribution is -0.660. The number of nitrogens with zero attached hydrogens (tertiary/aromatic N) is 1. The van der Waals surface area contributed by atoms with Crippen LogP contribution in [-0.4, -0.2) is 0 Å². The summed E-state index contributed by atoms with van der Waals surface area (Å²) in [5, 5.41) is 1.99. The molecular weight excluding hydrogens is 409 g/mol. The number of hydrogen-bond donors (Lipinski definition) is 0. The fraction of sp³-hybridized carbons (Fsp3) is 0.233. The summed E-state index contributed by atoms with van der Waals surface area (Å²) in [5.41, 5.74) is 10.2. The molecule has 2 nitrogen and oxygen atoms in total. The van der Waals surface area contributed by atoms with Crippen LogP contribution in [0, 0.1) is 19.7 Å². The molecule has 1 aliphatic rings. The van der Waals surface area contributed by atoms with Gasteiger partial charge in [-0.3, -0.25) is 0 Å². The van der Waals surface area contributed by atoms with Crippen LogP contribution in [0.3, 0.4) is 0 Å². The Hall–Kier alpha value is -3.46. The number of aromatic nitrogens is 1. The van der Waals surface area contributed by atoms with E-state index < -0.39 is 0 Å². The average Bonchev–Trinajstić information content (AvgIpc) is 3.17. The van der Waals surface area contributed by atoms with Crippen molar-refractivity contribution < 1.29 is 13.4 Å². The van der Waals surface area contributed by atoms with Crippen molar-refractivity contribution in [3.05, 3.63) is 88.9 Å². The summed E-state index contributed by atoms with van der Waals surface area (Å²) in [6.45, 7) is 4.21. The normalized spacial score (nSPS) is 13.6. The van der Waals surface area contributed by atoms with Crippen LogP contribution in [-0.2, 0) is 19.9 Å². The lowest BCUT2D eigenvalue weighted by atomic mass is 9.84. The number of benzene rings is 3. The summed E-state index contributed by atoms with van der Waals surface area (Å²) in [4.78, 5) is 0. The highest BCUT2D eigenvalue weighted by Gasteiger charge is 2.25. The first-order valence-corrected chi connectivity index (χ1v) is 11.7. The van der Waals surface area contributed by atoms with Gasteiger partial charge in [0.2, 0.25) is 5.69 Å². The third-order valence-corrected chi connectivity index (χ3v) is 7.16. The quantitative estimate of drug-likeness (QED) is 0.264. The molecule has 0 atom stereocenters. The molecule has 5 aromatic rings. The second-order valence-electron chi connectivity index (χ2n) is 9.39. The van der Waals surface area contributed by atoms with Crippen LogP contribution in [0.4, 0.5) is 4.39 Å². The van der Waals surface area contributed by atoms with Gasteiger partial charge in [0.25, 0.3) is 0 Å². The van der Waals surface area contributed by atoms with Gasteiger partial charge in [0, 0.05) is 22.9 Å². The number of pyridine rings is 1. The Morgan fingerprint density at radius 1 is 0.848 bits per heavy atom. The van der Waals surface area contributed by atoms with E-state index in [2.05, 4.69) is 48.7 Å². The lowest BCUT2D eigenvalue weighted by Crippen LogP contribution is -2.30. The van der Waals surface area contributed by atoms with Crippen LogP contribution in [0.2, 0.25) is 0 Å². The first-order chi connectivity index (χ1) is 16.0. The van der Waals surface area contributed by atoms with Crippen molar-refractivity contribution in [3.63, 3.8) is 0 Å². The van der Waals surface area contributed by atoms with Crippen molar-refractivity contribution in [2.45, 2.75) is 39.5 Å². The van der Waals surface area contributed by atoms with E-state index in [-0.39, 0.29) is 5.82 Å². The van der Waals surface area contributed by atoms with Crippen LogP contribution in [0.15, 0.2) is 65.2 Å². The maximum Gasteiger partial charge on any atom is 0.216 e. The van der Waals surface area contributed by atoms with E-state index in [9.17, 15) is 0 Å². The van der Waals surface area contributed by atoms with E-state index in [1.54, 1.807) is 6.07 Å². The van der Waals surface area contributed by atoms with E-state index >= 15 is 4.39 Å². The molecule has 0 unspecified atom stereocenters. The molecular formula is C30H27FNO+. The molecule has 0 bridgehead atoms. The minimum atomic E-state index is -0.219. The average molecular weight is 437 g/mol. The summed E-state index contributed by atoms with van der Waals surface area (Å²) >= 11 is 0. The fourth-order valence-corrected chi connectivity index (χ4v) is 5.58. The molecule has 2 heterocycles. The van der Waals surface area contributed by atoms with Crippen molar-refractivity contribution in [2.75, 3.05) is 0 Å². The predicted molar refractivity (Wildman–Crippen MR) is 132 cm³/mol. The van der Waals surface area contributed by atoms with Crippen molar-refractivity contribution in [3.8, 4) is 22.4 Å². The highest BCUT2D eigenvalue weighted by atomic mass is 19.1. The predicted octanol–water partition coefficient (Wildman–Crippen LogP) is 7.38. The Labute approximate surface area is 193 Å². The molecule has 33 heavy (non-hydrogen) atoms. The third-order valence-electron chi connectivity index (χ3n) is 7.16. The van der Waals surface area contributed by atoms with Gasteiger partial charge in [0.1, 0.15) is 24.0 Å². The van der Waals surface area contributed by atoms with Crippen molar-refractivity contribution in [1.29, 1.82) is 0 Å². The smallest absolute Gasteiger partial charge is 0.216 e. The Morgan fingerprint density at radius 3 is 2.42 bits per heavy atom. The first-order valence-electron chi connectivity index (χ1n) is 11.7. The summed E-state index contributed by atoms with van der Waals surface area (Å²) in [5.74, 6) is -0.219. The topological polar surface area (TPSA) is 17.0 Å². The third kappa shape index (κ3) is 3.10. The molecule has 0 amide bonds. The number of aryl methyl sites for hydroxylation is 4. The number of furan rings is 1. The van der Waals surface area contributed by atoms with Crippen LogP contribution >= 0.6 is 0 Å². The second kappa shape index (κ2) is 7.55. The molecule has 2 aromatic heterocycles. The summed E-state index contributed by atoms with van der Waals surface area (Å²) in [6, 6.07) is 18.3. The van der Waals surface area contributed by atoms with E-state index in [1.165, 1.54) is 23.1 Å². The van der Waals surface area contributed by atoms with Gasteiger partial charge in [-0.1, -0.05) is 29.8 Å². The summed E-state index contributed by atoms with van der Waals surface area (Å²) in [6.07, 6.45) is 6.44. The van der Waals surface area contributed by atoms with E-state index in [4.69, 9.17) is 4.42 Å². The molecule has 0 saturated carbocycles. The monoisotopic (exact) mass is 436 g/mol. The minimum Gasteiger partial charge on any atom is -0.454 e. The molecule has 0 N–H and O–H groups in total. The van der Waals surface area contributed by atoms with Gasteiger partial charge in [-0.05, 0) is 80.0 Å². The Bertz CT molecular complexity index is 1560. The van der Waals surface area contributed by atoms with E-state index in [0.717, 1.165) is 58.0 Å². The van der Waals surface area contributed by atoms with Gasteiger partial charge in [0.05, 0.1) is 11.1 Å². The zero-order valence-corrected chi connectivity index (χ0v) is 19.3. The molecule has 3 heteroatoms. The van der Waals surface area contributed by atoms with E-state index in [0.29, 0.717) is 11.1 Å². The van der Waals surface area contributed by atoms with Crippen LogP contribution < -0.4 is 4.57 Å². The summed E-state index contributed by atoms with van der Waals surface area (Å²) < 4.78 is 24.3. The Morgan fingerprint density at radius 2 is 1.61 bits per heavy atom. The van der Waals surface area contributed by atoms with Crippen LogP contribution in [0.5, 0.6) is 0 Å². The summed E-state index contributed by atoms with van der Waals surface area (Å²) in [7, 11) is 2.04. The van der Waals surface area contributed by atoms with Gasteiger partial charge in [-0.15, -0.1) is 0 Å². The largest absolute Gasteiger partial charge is 0.454 e. The van der Waals surface area contributed by atoms with Crippen molar-refractivity contribution in [1.82, 2.24) is 0 Å². The van der Waals surface area contributed by atoms with Gasteiger partial charge >= 0.3 is 0 Å². The molecule has 0 radical (unpaired) electrons. The molecule has 3 aromatic carbocycles. The van der Waals surface area contributed by atoms with Gasteiger partial charge < -0.3 is 4.42 Å². The molecule has 164 valence electrons. The van der Waals surface area contributed by atoms with Crippen molar-refractivity contribution >= 4 is 21.9 Å². The zero-order chi connectivity index (χ0) is 22.7. The van der Waals surface area contributed by atoms with Gasteiger partial charge in [-0.25, -0.2) is 8.96 Å². The second-order valence-corrected chi connectivity index (χ2v) is 9.39. The number of halogens is 1. The van der Waals surface area contributed by atoms with Crippen molar-refractivity contribution in [2.24, 2.45) is 7.05 Å². The maximum atomic E-state index is 15.5. The molecule has 0 saturated heterocycles. The number of fused-ring (bicyclic) bond motifs is 4. The molecule has 6 rings (SSSR count). The fourth-order valence-electron chi connectivity index (χ4n) is 5.58. The molecule has 0 spiro atoms. The Kier molecular flexibility index (Phi) is 4.62. The standard InChI is InChI=1S/C30H27FNO/c1-18-16-20-8-4-5-9-21(20)24(17-18)28-25(31)14-13-23-22-12-11-19(2)27(29(22)33-30(23)28)26-10-6-7-15-32(26)3/h6-7,10-17H,4-5,8-9H2,1-3H3/q+1. The van der Waals surface area contributed by atoms with Gasteiger partial charge in [0.15, 0.2) is 6.20 Å². The van der Waals surface area contributed by atoms with Gasteiger partial charge in [-0.2, -0.15) is 0 Å². The van der Waals surface area contributed by atoms with E-state index in [1.807, 2.05) is 31.4 Å². The first kappa shape index (κ1) is 20.2. The SMILES string of the molecule is Cc1cc2c(c(-c3c(F)ccc4c3oc3c(-c5cccc[n+]5C)c(C)ccc34)c1)CCCC2. The number of hydrogen-bond acceptors (Lipinski definition) is 1. The molecule has 0 aliphatic heterocycles. The van der Waals surface area contributed by atoms with Crippen LogP contribution in [0.25, 0.3) is 44.3 Å². The highest BCUT2D eigenvalue weighted by Crippen LogP contribution is 2.43. The Balaban J connectivity index is 1.72. The highest BCUT2D eigenvalue weighted by molar-refractivity contribution is 6.13. The number of rotatable bonds is 2. The lowest BCUT2D eigenvalue weighted by Gasteiger charge is -2.21. The minimum absolute atomic E-state index is 0.219. The van der Waals surface area contributed by atoms with Crippen LogP contribution in [0.1, 0.15) is 35.1 Å². The molecule has 1 aliphatic carbocycles. The zero-order valence-electron chi connectivity index (χ0n) is 19.3.